The minimum absolute atomic E-state index is 0.00281. The Morgan fingerprint density at radius 2 is 2.25 bits per heavy atom. The van der Waals surface area contributed by atoms with Crippen molar-refractivity contribution in [3.8, 4) is 0 Å². The standard InChI is InChI=1S/C14H17N3O3/c1-8-2-4-10(17(19)20)7-13(8)16-14(18)11-6-9-3-5-12(11)15-9/h2,4,7,9,11-12,15H,3,5-6H2,1H3,(H,16,18). The summed E-state index contributed by atoms with van der Waals surface area (Å²) in [5.41, 5.74) is 1.36. The Hall–Kier alpha value is -1.95. The van der Waals surface area contributed by atoms with Crippen LogP contribution in [0.3, 0.4) is 0 Å². The van der Waals surface area contributed by atoms with Gasteiger partial charge in [-0.2, -0.15) is 0 Å². The van der Waals surface area contributed by atoms with Gasteiger partial charge in [-0.25, -0.2) is 0 Å². The number of hydrogen-bond acceptors (Lipinski definition) is 4. The van der Waals surface area contributed by atoms with Crippen molar-refractivity contribution in [2.45, 2.75) is 38.3 Å². The fourth-order valence-corrected chi connectivity index (χ4v) is 3.20. The molecular weight excluding hydrogens is 258 g/mol. The number of amides is 1. The van der Waals surface area contributed by atoms with Crippen LogP contribution in [0.15, 0.2) is 18.2 Å². The highest BCUT2D eigenvalue weighted by molar-refractivity contribution is 5.94. The van der Waals surface area contributed by atoms with Crippen LogP contribution in [0.25, 0.3) is 0 Å². The van der Waals surface area contributed by atoms with Crippen molar-refractivity contribution < 1.29 is 9.72 Å². The molecule has 6 nitrogen and oxygen atoms in total. The van der Waals surface area contributed by atoms with E-state index in [-0.39, 0.29) is 23.6 Å². The first-order valence-corrected chi connectivity index (χ1v) is 6.86. The molecule has 3 atom stereocenters. The third kappa shape index (κ3) is 2.27. The van der Waals surface area contributed by atoms with Crippen LogP contribution >= 0.6 is 0 Å². The molecular formula is C14H17N3O3. The number of nitrogens with zero attached hydrogens (tertiary/aromatic N) is 1. The molecule has 0 aliphatic carbocycles. The number of carbonyl (C=O) groups is 1. The Kier molecular flexibility index (Phi) is 3.17. The van der Waals surface area contributed by atoms with Gasteiger partial charge in [0, 0.05) is 24.2 Å². The molecule has 0 radical (unpaired) electrons. The van der Waals surface area contributed by atoms with E-state index in [4.69, 9.17) is 0 Å². The van der Waals surface area contributed by atoms with E-state index in [1.54, 1.807) is 6.07 Å². The number of benzene rings is 1. The molecule has 1 aromatic carbocycles. The quantitative estimate of drug-likeness (QED) is 0.652. The lowest BCUT2D eigenvalue weighted by molar-refractivity contribution is -0.384. The van der Waals surface area contributed by atoms with Gasteiger partial charge in [0.25, 0.3) is 5.69 Å². The van der Waals surface area contributed by atoms with E-state index in [0.29, 0.717) is 11.7 Å². The first kappa shape index (κ1) is 13.1. The molecule has 20 heavy (non-hydrogen) atoms. The molecule has 1 amide bonds. The van der Waals surface area contributed by atoms with Crippen molar-refractivity contribution >= 4 is 17.3 Å². The minimum Gasteiger partial charge on any atom is -0.325 e. The predicted octanol–water partition coefficient (Wildman–Crippen LogP) is 1.98. The zero-order valence-electron chi connectivity index (χ0n) is 11.3. The van der Waals surface area contributed by atoms with E-state index in [1.165, 1.54) is 12.1 Å². The lowest BCUT2D eigenvalue weighted by Gasteiger charge is -2.19. The molecule has 2 aliphatic rings. The first-order valence-electron chi connectivity index (χ1n) is 6.86. The van der Waals surface area contributed by atoms with Gasteiger partial charge in [-0.1, -0.05) is 6.07 Å². The largest absolute Gasteiger partial charge is 0.325 e. The van der Waals surface area contributed by atoms with Gasteiger partial charge < -0.3 is 10.6 Å². The van der Waals surface area contributed by atoms with E-state index in [2.05, 4.69) is 10.6 Å². The highest BCUT2D eigenvalue weighted by atomic mass is 16.6. The van der Waals surface area contributed by atoms with Crippen molar-refractivity contribution in [2.75, 3.05) is 5.32 Å². The molecule has 3 unspecified atom stereocenters. The zero-order valence-corrected chi connectivity index (χ0v) is 11.3. The number of nitro groups is 1. The second-order valence-corrected chi connectivity index (χ2v) is 5.64. The van der Waals surface area contributed by atoms with Crippen molar-refractivity contribution in [1.29, 1.82) is 0 Å². The van der Waals surface area contributed by atoms with Gasteiger partial charge in [0.1, 0.15) is 0 Å². The minimum atomic E-state index is -0.450. The monoisotopic (exact) mass is 275 g/mol. The summed E-state index contributed by atoms with van der Waals surface area (Å²) in [4.78, 5) is 22.7. The molecule has 2 bridgehead atoms. The van der Waals surface area contributed by atoms with Crippen LogP contribution in [0.2, 0.25) is 0 Å². The smallest absolute Gasteiger partial charge is 0.271 e. The van der Waals surface area contributed by atoms with Crippen molar-refractivity contribution in [3.63, 3.8) is 0 Å². The molecule has 1 aromatic rings. The highest BCUT2D eigenvalue weighted by Gasteiger charge is 2.42. The number of hydrogen-bond donors (Lipinski definition) is 2. The Morgan fingerprint density at radius 3 is 2.85 bits per heavy atom. The fraction of sp³-hybridized carbons (Fsp3) is 0.500. The molecule has 2 aliphatic heterocycles. The third-order valence-electron chi connectivity index (χ3n) is 4.33. The number of nitrogens with one attached hydrogen (secondary N) is 2. The summed E-state index contributed by atoms with van der Waals surface area (Å²) in [6.45, 7) is 1.83. The van der Waals surface area contributed by atoms with Crippen LogP contribution in [0.1, 0.15) is 24.8 Å². The third-order valence-corrected chi connectivity index (χ3v) is 4.33. The van der Waals surface area contributed by atoms with Crippen molar-refractivity contribution in [2.24, 2.45) is 5.92 Å². The second-order valence-electron chi connectivity index (χ2n) is 5.64. The first-order chi connectivity index (χ1) is 9.54. The SMILES string of the molecule is Cc1ccc([N+](=O)[O-])cc1NC(=O)C1CC2CCC1N2. The van der Waals surface area contributed by atoms with Gasteiger partial charge in [0.2, 0.25) is 5.91 Å². The lowest BCUT2D eigenvalue weighted by atomic mass is 9.88. The summed E-state index contributed by atoms with van der Waals surface area (Å²) in [6.07, 6.45) is 3.05. The van der Waals surface area contributed by atoms with Crippen molar-refractivity contribution in [1.82, 2.24) is 5.32 Å². The van der Waals surface area contributed by atoms with Gasteiger partial charge in [0.05, 0.1) is 16.5 Å². The summed E-state index contributed by atoms with van der Waals surface area (Å²) < 4.78 is 0. The molecule has 2 fully saturated rings. The maximum atomic E-state index is 12.3. The van der Waals surface area contributed by atoms with E-state index in [9.17, 15) is 14.9 Å². The molecule has 0 aromatic heterocycles. The topological polar surface area (TPSA) is 84.3 Å². The Bertz CT molecular complexity index is 573. The van der Waals surface area contributed by atoms with Gasteiger partial charge in [-0.3, -0.25) is 14.9 Å². The number of nitro benzene ring substituents is 1. The summed E-state index contributed by atoms with van der Waals surface area (Å²) in [7, 11) is 0. The Morgan fingerprint density at radius 1 is 1.45 bits per heavy atom. The Labute approximate surface area is 116 Å². The summed E-state index contributed by atoms with van der Waals surface area (Å²) >= 11 is 0. The summed E-state index contributed by atoms with van der Waals surface area (Å²) in [6, 6.07) is 5.26. The molecule has 2 N–H and O–H groups in total. The average Bonchev–Trinajstić information content (AvgIpc) is 3.03. The van der Waals surface area contributed by atoms with Gasteiger partial charge in [0.15, 0.2) is 0 Å². The predicted molar refractivity (Wildman–Crippen MR) is 74.5 cm³/mol. The van der Waals surface area contributed by atoms with Gasteiger partial charge in [-0.15, -0.1) is 0 Å². The molecule has 3 rings (SSSR count). The highest BCUT2D eigenvalue weighted by Crippen LogP contribution is 2.34. The van der Waals surface area contributed by atoms with Crippen LogP contribution in [0.5, 0.6) is 0 Å². The second kappa shape index (κ2) is 4.86. The van der Waals surface area contributed by atoms with E-state index in [1.807, 2.05) is 6.92 Å². The van der Waals surface area contributed by atoms with Crippen LogP contribution < -0.4 is 10.6 Å². The number of carbonyl (C=O) groups excluding carboxylic acids is 1. The number of rotatable bonds is 3. The van der Waals surface area contributed by atoms with Crippen molar-refractivity contribution in [3.05, 3.63) is 33.9 Å². The maximum Gasteiger partial charge on any atom is 0.271 e. The average molecular weight is 275 g/mol. The van der Waals surface area contributed by atoms with Crippen LogP contribution in [-0.4, -0.2) is 22.9 Å². The fourth-order valence-electron chi connectivity index (χ4n) is 3.20. The lowest BCUT2D eigenvalue weighted by Crippen LogP contribution is -2.33. The van der Waals surface area contributed by atoms with Crippen LogP contribution in [0, 0.1) is 23.0 Å². The molecule has 0 spiro atoms. The normalized spacial score (nSPS) is 27.6. The molecule has 2 heterocycles. The maximum absolute atomic E-state index is 12.3. The Balaban J connectivity index is 1.75. The molecule has 6 heteroatoms. The van der Waals surface area contributed by atoms with Gasteiger partial charge >= 0.3 is 0 Å². The van der Waals surface area contributed by atoms with E-state index in [0.717, 1.165) is 24.8 Å². The van der Waals surface area contributed by atoms with E-state index >= 15 is 0 Å². The van der Waals surface area contributed by atoms with Crippen LogP contribution in [-0.2, 0) is 4.79 Å². The van der Waals surface area contributed by atoms with Gasteiger partial charge in [-0.05, 0) is 31.7 Å². The number of anilines is 1. The summed E-state index contributed by atoms with van der Waals surface area (Å²) in [5.74, 6) is -0.0549. The molecule has 106 valence electrons. The number of aryl methyl sites for hydroxylation is 1. The van der Waals surface area contributed by atoms with Crippen LogP contribution in [0.4, 0.5) is 11.4 Å². The summed E-state index contributed by atoms with van der Waals surface area (Å²) in [5, 5.41) is 17.1. The molecule has 2 saturated heterocycles. The number of non-ortho nitro benzene ring substituents is 1. The zero-order chi connectivity index (χ0) is 14.3. The van der Waals surface area contributed by atoms with E-state index < -0.39 is 4.92 Å². The number of fused-ring (bicyclic) bond motifs is 2. The molecule has 0 saturated carbocycles.